The summed E-state index contributed by atoms with van der Waals surface area (Å²) in [6, 6.07) is 3.46. The third-order valence-electron chi connectivity index (χ3n) is 2.07. The summed E-state index contributed by atoms with van der Waals surface area (Å²) in [6.07, 6.45) is 0.796. The predicted molar refractivity (Wildman–Crippen MR) is 70.3 cm³/mol. The van der Waals surface area contributed by atoms with Gasteiger partial charge in [-0.05, 0) is 32.9 Å². The van der Waals surface area contributed by atoms with Crippen molar-refractivity contribution in [2.45, 2.75) is 34.6 Å². The van der Waals surface area contributed by atoms with Crippen molar-refractivity contribution in [1.29, 1.82) is 0 Å². The first kappa shape index (κ1) is 15.5. The van der Waals surface area contributed by atoms with Crippen molar-refractivity contribution >= 4 is 6.29 Å². The van der Waals surface area contributed by atoms with Crippen LogP contribution < -0.4 is 9.47 Å². The lowest BCUT2D eigenvalue weighted by atomic mass is 10.1. The fourth-order valence-electron chi connectivity index (χ4n) is 1.36. The van der Waals surface area contributed by atoms with Gasteiger partial charge in [0.1, 0.15) is 17.8 Å². The van der Waals surface area contributed by atoms with Crippen molar-refractivity contribution < 1.29 is 14.3 Å². The largest absolute Gasteiger partial charge is 0.493 e. The lowest BCUT2D eigenvalue weighted by Gasteiger charge is -2.12. The molecule has 0 spiro atoms. The summed E-state index contributed by atoms with van der Waals surface area (Å²) < 4.78 is 10.9. The highest BCUT2D eigenvalue weighted by atomic mass is 16.5. The molecule has 17 heavy (non-hydrogen) atoms. The molecular weight excluding hydrogens is 216 g/mol. The quantitative estimate of drug-likeness (QED) is 0.735. The van der Waals surface area contributed by atoms with E-state index in [1.807, 2.05) is 34.6 Å². The molecule has 0 aliphatic carbocycles. The van der Waals surface area contributed by atoms with Gasteiger partial charge in [-0.25, -0.2) is 0 Å². The second kappa shape index (κ2) is 8.62. The molecule has 0 aromatic heterocycles. The van der Waals surface area contributed by atoms with E-state index in [4.69, 9.17) is 9.47 Å². The maximum Gasteiger partial charge on any atom is 0.150 e. The Bertz CT molecular complexity index is 318. The number of carbonyl (C=O) groups is 1. The van der Waals surface area contributed by atoms with Gasteiger partial charge in [0.05, 0.1) is 13.2 Å². The van der Waals surface area contributed by atoms with E-state index < -0.39 is 0 Å². The van der Waals surface area contributed by atoms with Gasteiger partial charge >= 0.3 is 0 Å². The van der Waals surface area contributed by atoms with E-state index >= 15 is 0 Å². The summed E-state index contributed by atoms with van der Waals surface area (Å²) in [4.78, 5) is 10.7. The van der Waals surface area contributed by atoms with Crippen LogP contribution in [0.2, 0.25) is 0 Å². The van der Waals surface area contributed by atoms with Crippen LogP contribution in [-0.2, 0) is 0 Å². The SMILES string of the molecule is CC.CCOc1cc(C=O)cc(OCC)c1C. The van der Waals surface area contributed by atoms with Crippen LogP contribution in [0.25, 0.3) is 0 Å². The molecule has 1 rings (SSSR count). The smallest absolute Gasteiger partial charge is 0.150 e. The van der Waals surface area contributed by atoms with Crippen molar-refractivity contribution in [3.8, 4) is 11.5 Å². The Morgan fingerprint density at radius 3 is 1.76 bits per heavy atom. The van der Waals surface area contributed by atoms with Crippen LogP contribution >= 0.6 is 0 Å². The molecule has 0 saturated carbocycles. The normalized spacial score (nSPS) is 9.00. The van der Waals surface area contributed by atoms with Gasteiger partial charge in [-0.1, -0.05) is 13.8 Å². The first-order valence-corrected chi connectivity index (χ1v) is 6.08. The van der Waals surface area contributed by atoms with E-state index in [0.717, 1.165) is 11.8 Å². The van der Waals surface area contributed by atoms with Gasteiger partial charge in [-0.2, -0.15) is 0 Å². The Morgan fingerprint density at radius 1 is 1.06 bits per heavy atom. The zero-order valence-electron chi connectivity index (χ0n) is 11.4. The zero-order chi connectivity index (χ0) is 13.3. The lowest BCUT2D eigenvalue weighted by molar-refractivity contribution is 0.112. The second-order valence-electron chi connectivity index (χ2n) is 3.13. The summed E-state index contributed by atoms with van der Waals surface area (Å²) in [5.74, 6) is 1.43. The molecule has 0 fully saturated rings. The molecule has 3 nitrogen and oxygen atoms in total. The first-order chi connectivity index (χ1) is 8.22. The molecule has 0 aliphatic rings. The minimum atomic E-state index is 0.576. The lowest BCUT2D eigenvalue weighted by Crippen LogP contribution is -2.00. The van der Waals surface area contributed by atoms with Crippen molar-refractivity contribution in [2.24, 2.45) is 0 Å². The van der Waals surface area contributed by atoms with Gasteiger partial charge < -0.3 is 9.47 Å². The molecule has 0 heterocycles. The summed E-state index contributed by atoms with van der Waals surface area (Å²) in [7, 11) is 0. The van der Waals surface area contributed by atoms with E-state index in [1.54, 1.807) is 12.1 Å². The predicted octanol–water partition coefficient (Wildman–Crippen LogP) is 3.63. The summed E-state index contributed by atoms with van der Waals surface area (Å²) in [6.45, 7) is 10.9. The number of hydrogen-bond donors (Lipinski definition) is 0. The third-order valence-corrected chi connectivity index (χ3v) is 2.07. The minimum Gasteiger partial charge on any atom is -0.493 e. The fraction of sp³-hybridized carbons (Fsp3) is 0.500. The topological polar surface area (TPSA) is 35.5 Å². The van der Waals surface area contributed by atoms with E-state index in [0.29, 0.717) is 30.3 Å². The highest BCUT2D eigenvalue weighted by molar-refractivity contribution is 5.77. The van der Waals surface area contributed by atoms with Crippen LogP contribution in [0, 0.1) is 6.92 Å². The minimum absolute atomic E-state index is 0.576. The average molecular weight is 238 g/mol. The number of carbonyl (C=O) groups excluding carboxylic acids is 1. The molecule has 0 aliphatic heterocycles. The van der Waals surface area contributed by atoms with Crippen molar-refractivity contribution in [2.75, 3.05) is 13.2 Å². The Labute approximate surface area is 104 Å². The van der Waals surface area contributed by atoms with Crippen molar-refractivity contribution in [1.82, 2.24) is 0 Å². The van der Waals surface area contributed by atoms with Crippen LogP contribution in [0.4, 0.5) is 0 Å². The zero-order valence-corrected chi connectivity index (χ0v) is 11.4. The van der Waals surface area contributed by atoms with E-state index in [-0.39, 0.29) is 0 Å². The first-order valence-electron chi connectivity index (χ1n) is 6.08. The maximum absolute atomic E-state index is 10.7. The third kappa shape index (κ3) is 4.47. The molecule has 0 radical (unpaired) electrons. The van der Waals surface area contributed by atoms with Gasteiger partial charge in [-0.3, -0.25) is 4.79 Å². The molecule has 3 heteroatoms. The second-order valence-corrected chi connectivity index (χ2v) is 3.13. The molecular formula is C14H22O3. The highest BCUT2D eigenvalue weighted by Crippen LogP contribution is 2.29. The Balaban J connectivity index is 0.00000121. The van der Waals surface area contributed by atoms with E-state index in [9.17, 15) is 4.79 Å². The van der Waals surface area contributed by atoms with Crippen LogP contribution in [-0.4, -0.2) is 19.5 Å². The van der Waals surface area contributed by atoms with Gasteiger partial charge in [0.25, 0.3) is 0 Å². The van der Waals surface area contributed by atoms with Gasteiger partial charge in [0, 0.05) is 11.1 Å². The van der Waals surface area contributed by atoms with Gasteiger partial charge in [-0.15, -0.1) is 0 Å². The maximum atomic E-state index is 10.7. The summed E-state index contributed by atoms with van der Waals surface area (Å²) >= 11 is 0. The highest BCUT2D eigenvalue weighted by Gasteiger charge is 2.08. The van der Waals surface area contributed by atoms with E-state index in [2.05, 4.69) is 0 Å². The molecule has 0 bridgehead atoms. The molecule has 1 aromatic carbocycles. The van der Waals surface area contributed by atoms with Crippen molar-refractivity contribution in [3.05, 3.63) is 23.3 Å². The number of hydrogen-bond acceptors (Lipinski definition) is 3. The Kier molecular flexibility index (Phi) is 7.85. The monoisotopic (exact) mass is 238 g/mol. The van der Waals surface area contributed by atoms with Crippen LogP contribution in [0.1, 0.15) is 43.6 Å². The van der Waals surface area contributed by atoms with Crippen molar-refractivity contribution in [3.63, 3.8) is 0 Å². The van der Waals surface area contributed by atoms with Crippen LogP contribution in [0.3, 0.4) is 0 Å². The molecule has 0 N–H and O–H groups in total. The number of aldehydes is 1. The average Bonchev–Trinajstić information content (AvgIpc) is 2.37. The van der Waals surface area contributed by atoms with Crippen LogP contribution in [0.5, 0.6) is 11.5 Å². The molecule has 96 valence electrons. The van der Waals surface area contributed by atoms with Gasteiger partial charge in [0.2, 0.25) is 0 Å². The number of rotatable bonds is 5. The molecule has 0 amide bonds. The van der Waals surface area contributed by atoms with E-state index in [1.165, 1.54) is 0 Å². The molecule has 0 unspecified atom stereocenters. The standard InChI is InChI=1S/C12H16O3.C2H6/c1-4-14-11-6-10(8-13)7-12(9(11)3)15-5-2;1-2/h6-8H,4-5H2,1-3H3;1-2H3. The number of ether oxygens (including phenoxy) is 2. The molecule has 0 saturated heterocycles. The summed E-state index contributed by atoms with van der Waals surface area (Å²) in [5.41, 5.74) is 1.51. The molecule has 0 atom stereocenters. The Hall–Kier alpha value is -1.51. The van der Waals surface area contributed by atoms with Crippen LogP contribution in [0.15, 0.2) is 12.1 Å². The number of benzene rings is 1. The molecule has 1 aromatic rings. The van der Waals surface area contributed by atoms with Gasteiger partial charge in [0.15, 0.2) is 0 Å². The fourth-order valence-corrected chi connectivity index (χ4v) is 1.36. The summed E-state index contributed by atoms with van der Waals surface area (Å²) in [5, 5.41) is 0. The Morgan fingerprint density at radius 2 is 1.47 bits per heavy atom.